The maximum absolute atomic E-state index is 3.02. The first kappa shape index (κ1) is 17.0. The summed E-state index contributed by atoms with van der Waals surface area (Å²) in [6.45, 7) is 13.2. The fraction of sp³-hybridized carbons (Fsp3) is 0.800. The molecule has 0 spiro atoms. The van der Waals surface area contributed by atoms with Gasteiger partial charge in [0.15, 0.2) is 0 Å². The lowest BCUT2D eigenvalue weighted by Crippen LogP contribution is -2.04. The first-order valence-corrected chi connectivity index (χ1v) is 4.55. The molecule has 0 bridgehead atoms. The number of rotatable bonds is 2. The second-order valence-electron chi connectivity index (χ2n) is 1.84. The third-order valence-electron chi connectivity index (χ3n) is 0.714. The van der Waals surface area contributed by atoms with Crippen molar-refractivity contribution in [2.45, 2.75) is 41.5 Å². The van der Waals surface area contributed by atoms with Crippen molar-refractivity contribution in [1.82, 2.24) is 5.32 Å². The first-order chi connectivity index (χ1) is 5.27. The summed E-state index contributed by atoms with van der Waals surface area (Å²) in [7, 11) is 1.94. The van der Waals surface area contributed by atoms with E-state index < -0.39 is 0 Å². The molecule has 0 atom stereocenters. The minimum absolute atomic E-state index is 0.988. The Morgan fingerprint density at radius 1 is 1.09 bits per heavy atom. The van der Waals surface area contributed by atoms with Crippen LogP contribution in [-0.2, 0) is 0 Å². The van der Waals surface area contributed by atoms with E-state index >= 15 is 0 Å². The second kappa shape index (κ2) is 22.6. The summed E-state index contributed by atoms with van der Waals surface area (Å²) in [5, 5.41) is 3.02. The molecule has 0 aromatic carbocycles. The minimum Gasteiger partial charge on any atom is -0.316 e. The van der Waals surface area contributed by atoms with E-state index in [-0.39, 0.29) is 0 Å². The van der Waals surface area contributed by atoms with Crippen molar-refractivity contribution in [1.29, 1.82) is 0 Å². The smallest absolute Gasteiger partial charge is 0.0134 e. The van der Waals surface area contributed by atoms with E-state index in [0.29, 0.717) is 0 Å². The highest BCUT2D eigenvalue weighted by molar-refractivity contribution is 4.93. The molecule has 0 rings (SSSR count). The van der Waals surface area contributed by atoms with Crippen molar-refractivity contribution in [3.8, 4) is 0 Å². The number of likely N-dealkylation sites (N-methyl/N-ethyl adjacent to an activating group) is 1. The molecule has 0 saturated carbocycles. The van der Waals surface area contributed by atoms with E-state index in [1.165, 1.54) is 5.57 Å². The van der Waals surface area contributed by atoms with E-state index in [1.807, 2.05) is 34.7 Å². The third kappa shape index (κ3) is 42.0. The molecule has 0 aromatic rings. The first-order valence-electron chi connectivity index (χ1n) is 4.55. The third-order valence-corrected chi connectivity index (χ3v) is 0.714. The van der Waals surface area contributed by atoms with Crippen molar-refractivity contribution in [2.75, 3.05) is 13.6 Å². The molecule has 0 aliphatic heterocycles. The molecule has 0 fully saturated rings. The molecule has 1 heteroatoms. The zero-order valence-corrected chi connectivity index (χ0v) is 9.28. The van der Waals surface area contributed by atoms with Gasteiger partial charge in [0, 0.05) is 6.54 Å². The average molecular weight is 159 g/mol. The van der Waals surface area contributed by atoms with Gasteiger partial charge in [0.25, 0.3) is 0 Å². The maximum atomic E-state index is 3.02. The molecule has 1 N–H and O–H groups in total. The lowest BCUT2D eigenvalue weighted by atomic mass is 10.3. The predicted molar refractivity (Wildman–Crippen MR) is 56.1 cm³/mol. The largest absolute Gasteiger partial charge is 0.316 e. The Bertz CT molecular complexity index is 61.3. The van der Waals surface area contributed by atoms with Crippen molar-refractivity contribution < 1.29 is 0 Å². The zero-order chi connectivity index (χ0) is 9.70. The highest BCUT2D eigenvalue weighted by Crippen LogP contribution is 1.83. The molecule has 70 valence electrons. The van der Waals surface area contributed by atoms with Crippen LogP contribution in [0.3, 0.4) is 0 Å². The van der Waals surface area contributed by atoms with Gasteiger partial charge in [-0.2, -0.15) is 0 Å². The molecule has 1 nitrogen and oxygen atoms in total. The summed E-state index contributed by atoms with van der Waals surface area (Å²) in [5.41, 5.74) is 1.37. The van der Waals surface area contributed by atoms with Gasteiger partial charge >= 0.3 is 0 Å². The van der Waals surface area contributed by atoms with Crippen LogP contribution in [0.15, 0.2) is 11.6 Å². The molecule has 0 saturated heterocycles. The Labute approximate surface area is 72.9 Å². The quantitative estimate of drug-likeness (QED) is 0.610. The molecule has 0 unspecified atom stereocenters. The van der Waals surface area contributed by atoms with Crippen LogP contribution >= 0.6 is 0 Å². The van der Waals surface area contributed by atoms with Crippen LogP contribution in [0.2, 0.25) is 0 Å². The predicted octanol–water partition coefficient (Wildman–Crippen LogP) is 3.22. The zero-order valence-electron chi connectivity index (χ0n) is 9.28. The Hall–Kier alpha value is -0.300. The van der Waals surface area contributed by atoms with E-state index in [9.17, 15) is 0 Å². The molecule has 11 heavy (non-hydrogen) atoms. The molecule has 0 radical (unpaired) electrons. The number of hydrogen-bond donors (Lipinski definition) is 1. The SMILES string of the molecule is CC.CC.CNCC=C(C)C. The van der Waals surface area contributed by atoms with E-state index in [0.717, 1.165) is 6.54 Å². The standard InChI is InChI=1S/C6H13N.2C2H6/c1-6(2)4-5-7-3;2*1-2/h4,7H,5H2,1-3H3;2*1-2H3. The number of hydrogen-bond acceptors (Lipinski definition) is 1. The van der Waals surface area contributed by atoms with Gasteiger partial charge in [-0.3, -0.25) is 0 Å². The van der Waals surface area contributed by atoms with Crippen LogP contribution in [0.5, 0.6) is 0 Å². The lowest BCUT2D eigenvalue weighted by molar-refractivity contribution is 0.912. The van der Waals surface area contributed by atoms with Gasteiger partial charge in [-0.15, -0.1) is 0 Å². The van der Waals surface area contributed by atoms with Crippen molar-refractivity contribution in [3.05, 3.63) is 11.6 Å². The Morgan fingerprint density at radius 2 is 1.45 bits per heavy atom. The highest BCUT2D eigenvalue weighted by atomic mass is 14.8. The van der Waals surface area contributed by atoms with E-state index in [2.05, 4.69) is 25.2 Å². The van der Waals surface area contributed by atoms with Gasteiger partial charge in [-0.1, -0.05) is 39.3 Å². The fourth-order valence-electron chi connectivity index (χ4n) is 0.306. The van der Waals surface area contributed by atoms with Gasteiger partial charge in [-0.25, -0.2) is 0 Å². The number of allylic oxidation sites excluding steroid dienone is 1. The molecule has 0 aliphatic rings. The summed E-state index contributed by atoms with van der Waals surface area (Å²) in [5.74, 6) is 0. The highest BCUT2D eigenvalue weighted by Gasteiger charge is 1.71. The van der Waals surface area contributed by atoms with Gasteiger partial charge in [0.1, 0.15) is 0 Å². The Morgan fingerprint density at radius 3 is 1.55 bits per heavy atom. The molecule has 0 aromatic heterocycles. The van der Waals surface area contributed by atoms with Crippen molar-refractivity contribution in [2.24, 2.45) is 0 Å². The summed E-state index contributed by atoms with van der Waals surface area (Å²) in [6.07, 6.45) is 2.15. The molecular weight excluding hydrogens is 134 g/mol. The monoisotopic (exact) mass is 159 g/mol. The summed E-state index contributed by atoms with van der Waals surface area (Å²) >= 11 is 0. The summed E-state index contributed by atoms with van der Waals surface area (Å²) < 4.78 is 0. The molecule has 0 heterocycles. The lowest BCUT2D eigenvalue weighted by Gasteiger charge is -1.88. The van der Waals surface area contributed by atoms with Crippen LogP contribution in [-0.4, -0.2) is 13.6 Å². The summed E-state index contributed by atoms with van der Waals surface area (Å²) in [4.78, 5) is 0. The van der Waals surface area contributed by atoms with Crippen molar-refractivity contribution >= 4 is 0 Å². The fourth-order valence-corrected chi connectivity index (χ4v) is 0.306. The maximum Gasteiger partial charge on any atom is 0.0134 e. The van der Waals surface area contributed by atoms with Crippen LogP contribution in [0.1, 0.15) is 41.5 Å². The topological polar surface area (TPSA) is 12.0 Å². The minimum atomic E-state index is 0.988. The molecular formula is C10H25N. The second-order valence-corrected chi connectivity index (χ2v) is 1.84. The molecule has 0 amide bonds. The normalized spacial score (nSPS) is 6.45. The van der Waals surface area contributed by atoms with Gasteiger partial charge in [-0.05, 0) is 20.9 Å². The molecule has 0 aliphatic carbocycles. The van der Waals surface area contributed by atoms with Gasteiger partial charge in [0.2, 0.25) is 0 Å². The Balaban J connectivity index is -0.000000138. The summed E-state index contributed by atoms with van der Waals surface area (Å²) in [6, 6.07) is 0. The van der Waals surface area contributed by atoms with Crippen molar-refractivity contribution in [3.63, 3.8) is 0 Å². The van der Waals surface area contributed by atoms with Gasteiger partial charge < -0.3 is 5.32 Å². The van der Waals surface area contributed by atoms with E-state index in [1.54, 1.807) is 0 Å². The van der Waals surface area contributed by atoms with Crippen LogP contribution in [0, 0.1) is 0 Å². The Kier molecular flexibility index (Phi) is 34.9. The van der Waals surface area contributed by atoms with E-state index in [4.69, 9.17) is 0 Å². The van der Waals surface area contributed by atoms with Crippen LogP contribution < -0.4 is 5.32 Å². The van der Waals surface area contributed by atoms with Crippen LogP contribution in [0.25, 0.3) is 0 Å². The van der Waals surface area contributed by atoms with Crippen LogP contribution in [0.4, 0.5) is 0 Å². The van der Waals surface area contributed by atoms with Gasteiger partial charge in [0.05, 0.1) is 0 Å². The number of nitrogens with one attached hydrogen (secondary N) is 1. The average Bonchev–Trinajstić information content (AvgIpc) is 2.08.